The first kappa shape index (κ1) is 20.6. The number of aliphatic hydroxyl groups excluding tert-OH is 1. The molecule has 2 aromatic carbocycles. The second kappa shape index (κ2) is 9.37. The van der Waals surface area contributed by atoms with E-state index in [0.29, 0.717) is 6.54 Å². The molecule has 0 radical (unpaired) electrons. The zero-order chi connectivity index (χ0) is 17.9. The van der Waals surface area contributed by atoms with Crippen molar-refractivity contribution in [1.29, 1.82) is 0 Å². The molecule has 0 saturated carbocycles. The Kier molecular flexibility index (Phi) is 7.15. The molecule has 3 nitrogen and oxygen atoms in total. The number of fused-ring (bicyclic) bond motifs is 1. The van der Waals surface area contributed by atoms with Gasteiger partial charge in [0.05, 0.1) is 6.10 Å². The average molecular weight is 423 g/mol. The second-order valence-electron chi connectivity index (χ2n) is 6.91. The molecule has 27 heavy (non-hydrogen) atoms. The molecule has 0 aliphatic carbocycles. The highest BCUT2D eigenvalue weighted by atomic mass is 35.5. The summed E-state index contributed by atoms with van der Waals surface area (Å²) in [6.45, 7) is 5.71. The van der Waals surface area contributed by atoms with Crippen molar-refractivity contribution in [2.75, 3.05) is 32.7 Å². The van der Waals surface area contributed by atoms with Crippen molar-refractivity contribution in [3.05, 3.63) is 70.1 Å². The Morgan fingerprint density at radius 2 is 1.63 bits per heavy atom. The molecular weight excluding hydrogens is 399 g/mol. The monoisotopic (exact) mass is 422 g/mol. The van der Waals surface area contributed by atoms with E-state index in [9.17, 15) is 5.11 Å². The first-order valence-corrected chi connectivity index (χ1v) is 10.3. The summed E-state index contributed by atoms with van der Waals surface area (Å²) in [4.78, 5) is 4.83. The van der Waals surface area contributed by atoms with Gasteiger partial charge in [-0.1, -0.05) is 41.9 Å². The van der Waals surface area contributed by atoms with E-state index in [2.05, 4.69) is 45.5 Å². The molecule has 1 saturated heterocycles. The van der Waals surface area contributed by atoms with E-state index in [4.69, 9.17) is 11.6 Å². The zero-order valence-electron chi connectivity index (χ0n) is 15.1. The molecule has 0 amide bonds. The number of hydrogen-bond donors (Lipinski definition) is 1. The van der Waals surface area contributed by atoms with Crippen LogP contribution in [0.4, 0.5) is 0 Å². The third kappa shape index (κ3) is 5.02. The van der Waals surface area contributed by atoms with E-state index in [0.717, 1.165) is 43.3 Å². The van der Waals surface area contributed by atoms with Gasteiger partial charge in [-0.2, -0.15) is 0 Å². The van der Waals surface area contributed by atoms with Crippen LogP contribution in [0.5, 0.6) is 0 Å². The maximum atomic E-state index is 10.7. The molecule has 1 atom stereocenters. The third-order valence-corrected chi connectivity index (χ3v) is 6.32. The van der Waals surface area contributed by atoms with Gasteiger partial charge >= 0.3 is 0 Å². The van der Waals surface area contributed by atoms with Gasteiger partial charge in [-0.3, -0.25) is 9.80 Å². The lowest BCUT2D eigenvalue weighted by molar-refractivity contribution is 0.0709. The molecule has 2 heterocycles. The van der Waals surface area contributed by atoms with Gasteiger partial charge < -0.3 is 5.11 Å². The van der Waals surface area contributed by atoms with Gasteiger partial charge in [-0.05, 0) is 34.5 Å². The molecule has 1 aliphatic heterocycles. The lowest BCUT2D eigenvalue weighted by Crippen LogP contribution is -2.47. The summed E-state index contributed by atoms with van der Waals surface area (Å²) in [6.07, 6.45) is -0.422. The average Bonchev–Trinajstić information content (AvgIpc) is 3.09. The number of halogens is 2. The maximum absolute atomic E-state index is 10.7. The highest BCUT2D eigenvalue weighted by molar-refractivity contribution is 7.17. The number of aliphatic hydroxyl groups is 1. The summed E-state index contributed by atoms with van der Waals surface area (Å²) in [5.74, 6) is 0. The Morgan fingerprint density at radius 3 is 2.37 bits per heavy atom. The standard InChI is InChI=1S/C21H23ClN2OS.ClH/c22-17-7-5-16(6-8-17)13-23-9-11-24(12-10-23)14-20(25)19-15-26-21-4-2-1-3-18(19)21;/h1-8,15,20,25H,9-14H2;1H. The maximum Gasteiger partial charge on any atom is 0.0930 e. The zero-order valence-corrected chi connectivity index (χ0v) is 17.4. The number of nitrogens with zero attached hydrogens (tertiary/aromatic N) is 2. The number of β-amino-alcohol motifs (C(OH)–C–C–N with tert-alkyl or cyclic N) is 1. The highest BCUT2D eigenvalue weighted by Gasteiger charge is 2.21. The third-order valence-electron chi connectivity index (χ3n) is 5.09. The molecule has 0 bridgehead atoms. The normalized spacial score (nSPS) is 17.0. The molecule has 3 aromatic rings. The second-order valence-corrected chi connectivity index (χ2v) is 8.25. The van der Waals surface area contributed by atoms with E-state index >= 15 is 0 Å². The first-order valence-electron chi connectivity index (χ1n) is 9.02. The fourth-order valence-electron chi connectivity index (χ4n) is 3.58. The lowest BCUT2D eigenvalue weighted by Gasteiger charge is -2.35. The van der Waals surface area contributed by atoms with Crippen molar-refractivity contribution < 1.29 is 5.11 Å². The van der Waals surface area contributed by atoms with Crippen LogP contribution >= 0.6 is 35.3 Å². The number of benzene rings is 2. The van der Waals surface area contributed by atoms with Crippen molar-refractivity contribution >= 4 is 45.4 Å². The molecular formula is C21H24Cl2N2OS. The molecule has 144 valence electrons. The Labute approximate surface area is 175 Å². The van der Waals surface area contributed by atoms with Crippen LogP contribution in [-0.2, 0) is 6.54 Å². The fraction of sp³-hybridized carbons (Fsp3) is 0.333. The molecule has 1 N–H and O–H groups in total. The van der Waals surface area contributed by atoms with Gasteiger partial charge in [0.2, 0.25) is 0 Å². The molecule has 1 aliphatic rings. The largest absolute Gasteiger partial charge is 0.387 e. The van der Waals surface area contributed by atoms with Crippen LogP contribution < -0.4 is 0 Å². The summed E-state index contributed by atoms with van der Waals surface area (Å²) < 4.78 is 1.24. The van der Waals surface area contributed by atoms with Crippen LogP contribution in [0.3, 0.4) is 0 Å². The topological polar surface area (TPSA) is 26.7 Å². The van der Waals surface area contributed by atoms with E-state index in [1.807, 2.05) is 18.2 Å². The lowest BCUT2D eigenvalue weighted by atomic mass is 10.1. The predicted octanol–water partition coefficient (Wildman–Crippen LogP) is 4.83. The van der Waals surface area contributed by atoms with Crippen LogP contribution in [0, 0.1) is 0 Å². The summed E-state index contributed by atoms with van der Waals surface area (Å²) in [6, 6.07) is 16.4. The summed E-state index contributed by atoms with van der Waals surface area (Å²) >= 11 is 7.67. The Bertz CT molecular complexity index is 860. The smallest absolute Gasteiger partial charge is 0.0930 e. The van der Waals surface area contributed by atoms with Crippen LogP contribution in [0.1, 0.15) is 17.2 Å². The van der Waals surface area contributed by atoms with E-state index in [1.165, 1.54) is 15.6 Å². The van der Waals surface area contributed by atoms with Gasteiger partial charge in [-0.25, -0.2) is 0 Å². The van der Waals surface area contributed by atoms with Crippen molar-refractivity contribution in [3.63, 3.8) is 0 Å². The van der Waals surface area contributed by atoms with Crippen molar-refractivity contribution in [3.8, 4) is 0 Å². The SMILES string of the molecule is Cl.OC(CN1CCN(Cc2ccc(Cl)cc2)CC1)c1csc2ccccc12. The Morgan fingerprint density at radius 1 is 0.963 bits per heavy atom. The van der Waals surface area contributed by atoms with Crippen molar-refractivity contribution in [2.45, 2.75) is 12.6 Å². The van der Waals surface area contributed by atoms with Crippen LogP contribution in [0.2, 0.25) is 5.02 Å². The molecule has 1 aromatic heterocycles. The van der Waals surface area contributed by atoms with Gasteiger partial charge in [-0.15, -0.1) is 23.7 Å². The van der Waals surface area contributed by atoms with Gasteiger partial charge in [0.25, 0.3) is 0 Å². The fourth-order valence-corrected chi connectivity index (χ4v) is 4.71. The number of thiophene rings is 1. The number of rotatable bonds is 5. The summed E-state index contributed by atoms with van der Waals surface area (Å²) in [5, 5.41) is 14.8. The van der Waals surface area contributed by atoms with E-state index < -0.39 is 6.10 Å². The van der Waals surface area contributed by atoms with Gasteiger partial charge in [0.1, 0.15) is 0 Å². The number of hydrogen-bond acceptors (Lipinski definition) is 4. The Balaban J connectivity index is 0.00000210. The minimum Gasteiger partial charge on any atom is -0.387 e. The quantitative estimate of drug-likeness (QED) is 0.637. The highest BCUT2D eigenvalue weighted by Crippen LogP contribution is 2.30. The van der Waals surface area contributed by atoms with Crippen LogP contribution in [-0.4, -0.2) is 47.6 Å². The van der Waals surface area contributed by atoms with Crippen LogP contribution in [0.25, 0.3) is 10.1 Å². The molecule has 0 spiro atoms. The molecule has 6 heteroatoms. The van der Waals surface area contributed by atoms with E-state index in [-0.39, 0.29) is 12.4 Å². The number of piperazine rings is 1. The summed E-state index contributed by atoms with van der Waals surface area (Å²) in [5.41, 5.74) is 2.36. The molecule has 1 fully saturated rings. The minimum atomic E-state index is -0.422. The Hall–Kier alpha value is -1.14. The van der Waals surface area contributed by atoms with Crippen molar-refractivity contribution in [2.24, 2.45) is 0 Å². The molecule has 4 rings (SSSR count). The van der Waals surface area contributed by atoms with Gasteiger partial charge in [0, 0.05) is 54.6 Å². The summed E-state index contributed by atoms with van der Waals surface area (Å²) in [7, 11) is 0. The molecule has 1 unspecified atom stereocenters. The van der Waals surface area contributed by atoms with Crippen LogP contribution in [0.15, 0.2) is 53.9 Å². The first-order chi connectivity index (χ1) is 12.7. The van der Waals surface area contributed by atoms with Crippen molar-refractivity contribution in [1.82, 2.24) is 9.80 Å². The minimum absolute atomic E-state index is 0. The predicted molar refractivity (Wildman–Crippen MR) is 117 cm³/mol. The van der Waals surface area contributed by atoms with Gasteiger partial charge in [0.15, 0.2) is 0 Å². The van der Waals surface area contributed by atoms with E-state index in [1.54, 1.807) is 11.3 Å².